The van der Waals surface area contributed by atoms with Crippen LogP contribution in [0.25, 0.3) is 0 Å². The lowest BCUT2D eigenvalue weighted by atomic mass is 9.96. The van der Waals surface area contributed by atoms with Crippen molar-refractivity contribution >= 4 is 11.6 Å². The zero-order chi connectivity index (χ0) is 21.7. The molecule has 0 saturated carbocycles. The summed E-state index contributed by atoms with van der Waals surface area (Å²) in [6.45, 7) is 11.0. The van der Waals surface area contributed by atoms with Crippen molar-refractivity contribution in [3.63, 3.8) is 0 Å². The Hall–Kier alpha value is -1.59. The van der Waals surface area contributed by atoms with Crippen LogP contribution < -0.4 is 10.1 Å². The van der Waals surface area contributed by atoms with E-state index in [0.29, 0.717) is 6.61 Å². The molecule has 2 rings (SSSR count). The van der Waals surface area contributed by atoms with Crippen LogP contribution in [0.1, 0.15) is 78.6 Å². The van der Waals surface area contributed by atoms with Gasteiger partial charge in [-0.3, -0.25) is 4.79 Å². The zero-order valence-electron chi connectivity index (χ0n) is 19.4. The number of nitrogens with zero attached hydrogens (tertiary/aromatic N) is 1. The maximum atomic E-state index is 12.9. The van der Waals surface area contributed by atoms with Crippen molar-refractivity contribution in [1.29, 1.82) is 0 Å². The molecule has 30 heavy (non-hydrogen) atoms. The van der Waals surface area contributed by atoms with Crippen molar-refractivity contribution in [2.45, 2.75) is 84.2 Å². The first-order valence-electron chi connectivity index (χ1n) is 12.0. The van der Waals surface area contributed by atoms with Gasteiger partial charge in [-0.1, -0.05) is 39.5 Å². The number of hydrogen-bond donors (Lipinski definition) is 1. The molecule has 1 fully saturated rings. The van der Waals surface area contributed by atoms with E-state index < -0.39 is 5.60 Å². The molecule has 5 nitrogen and oxygen atoms in total. The van der Waals surface area contributed by atoms with E-state index in [1.807, 2.05) is 31.2 Å². The fourth-order valence-corrected chi connectivity index (χ4v) is 3.85. The van der Waals surface area contributed by atoms with Gasteiger partial charge in [0.25, 0.3) is 5.91 Å². The highest BCUT2D eigenvalue weighted by molar-refractivity contribution is 5.97. The van der Waals surface area contributed by atoms with Crippen molar-refractivity contribution in [3.8, 4) is 5.75 Å². The minimum absolute atomic E-state index is 0.0674. The largest absolute Gasteiger partial charge is 0.494 e. The molecule has 0 radical (unpaired) electrons. The highest BCUT2D eigenvalue weighted by atomic mass is 16.5. The molecule has 0 aliphatic carbocycles. The van der Waals surface area contributed by atoms with E-state index in [0.717, 1.165) is 63.1 Å². The highest BCUT2D eigenvalue weighted by Gasteiger charge is 2.33. The molecule has 170 valence electrons. The van der Waals surface area contributed by atoms with Gasteiger partial charge in [0.15, 0.2) is 0 Å². The van der Waals surface area contributed by atoms with Gasteiger partial charge in [-0.05, 0) is 76.4 Å². The van der Waals surface area contributed by atoms with Crippen LogP contribution in [0, 0.1) is 0 Å². The molecule has 0 spiro atoms. The fourth-order valence-electron chi connectivity index (χ4n) is 3.85. The molecular weight excluding hydrogens is 376 g/mol. The lowest BCUT2D eigenvalue weighted by Gasteiger charge is -2.28. The molecule has 0 bridgehead atoms. The summed E-state index contributed by atoms with van der Waals surface area (Å²) in [5, 5.41) is 3.03. The number of piperidine rings is 1. The number of amides is 1. The molecule has 1 aliphatic rings. The predicted octanol–water partition coefficient (Wildman–Crippen LogP) is 5.65. The maximum Gasteiger partial charge on any atom is 0.256 e. The van der Waals surface area contributed by atoms with Gasteiger partial charge in [-0.15, -0.1) is 0 Å². The van der Waals surface area contributed by atoms with Gasteiger partial charge >= 0.3 is 0 Å². The Labute approximate surface area is 183 Å². The molecule has 1 heterocycles. The van der Waals surface area contributed by atoms with Crippen LogP contribution in [0.2, 0.25) is 0 Å². The summed E-state index contributed by atoms with van der Waals surface area (Å²) in [6, 6.07) is 7.67. The number of carbonyl (C=O) groups is 1. The van der Waals surface area contributed by atoms with E-state index in [9.17, 15) is 4.79 Å². The van der Waals surface area contributed by atoms with Crippen molar-refractivity contribution < 1.29 is 14.3 Å². The minimum Gasteiger partial charge on any atom is -0.494 e. The highest BCUT2D eigenvalue weighted by Crippen LogP contribution is 2.24. The third-order valence-corrected chi connectivity index (χ3v) is 5.81. The molecule has 1 aliphatic heterocycles. The predicted molar refractivity (Wildman–Crippen MR) is 124 cm³/mol. The van der Waals surface area contributed by atoms with Crippen molar-refractivity contribution in [2.24, 2.45) is 0 Å². The number of benzene rings is 1. The van der Waals surface area contributed by atoms with Gasteiger partial charge in [-0.25, -0.2) is 0 Å². The number of likely N-dealkylation sites (tertiary alicyclic amines) is 1. The van der Waals surface area contributed by atoms with E-state index in [4.69, 9.17) is 9.47 Å². The number of nitrogens with one attached hydrogen (secondary N) is 1. The topological polar surface area (TPSA) is 50.8 Å². The van der Waals surface area contributed by atoms with E-state index >= 15 is 0 Å². The summed E-state index contributed by atoms with van der Waals surface area (Å²) >= 11 is 0. The van der Waals surface area contributed by atoms with E-state index in [-0.39, 0.29) is 5.91 Å². The first-order valence-corrected chi connectivity index (χ1v) is 12.0. The second kappa shape index (κ2) is 13.7. The number of ether oxygens (including phenoxy) is 2. The molecule has 1 saturated heterocycles. The SMILES string of the molecule is CCCCC[C@@](C)(OCCC)C(=O)Nc1ccc(OCCCN2CCCCC2)cc1. The number of anilines is 1. The Kier molecular flexibility index (Phi) is 11.2. The molecule has 1 atom stereocenters. The first kappa shape index (κ1) is 24.7. The van der Waals surface area contributed by atoms with Crippen molar-refractivity contribution in [3.05, 3.63) is 24.3 Å². The normalized spacial score (nSPS) is 16.8. The second-order valence-electron chi connectivity index (χ2n) is 8.62. The quantitative estimate of drug-likeness (QED) is 0.397. The second-order valence-corrected chi connectivity index (χ2v) is 8.62. The lowest BCUT2D eigenvalue weighted by Crippen LogP contribution is -2.43. The fraction of sp³-hybridized carbons (Fsp3) is 0.720. The van der Waals surface area contributed by atoms with Crippen LogP contribution >= 0.6 is 0 Å². The number of hydrogen-bond acceptors (Lipinski definition) is 4. The maximum absolute atomic E-state index is 12.9. The minimum atomic E-state index is -0.783. The number of carbonyl (C=O) groups excluding carboxylic acids is 1. The van der Waals surface area contributed by atoms with Gasteiger partial charge in [0.05, 0.1) is 6.61 Å². The van der Waals surface area contributed by atoms with Gasteiger partial charge in [0.1, 0.15) is 11.4 Å². The summed E-state index contributed by atoms with van der Waals surface area (Å²) in [5.41, 5.74) is -0.00286. The Bertz CT molecular complexity index is 599. The van der Waals surface area contributed by atoms with Gasteiger partial charge in [0.2, 0.25) is 0 Å². The van der Waals surface area contributed by atoms with E-state index in [2.05, 4.69) is 24.1 Å². The summed E-state index contributed by atoms with van der Waals surface area (Å²) in [7, 11) is 0. The zero-order valence-corrected chi connectivity index (χ0v) is 19.4. The van der Waals surface area contributed by atoms with Crippen molar-refractivity contribution in [2.75, 3.05) is 38.2 Å². The Morgan fingerprint density at radius 1 is 1.00 bits per heavy atom. The van der Waals surface area contributed by atoms with Crippen LogP contribution in [0.15, 0.2) is 24.3 Å². The third kappa shape index (κ3) is 8.65. The molecule has 5 heteroatoms. The molecular formula is C25H42N2O3. The van der Waals surface area contributed by atoms with Gasteiger partial charge < -0.3 is 19.7 Å². The van der Waals surface area contributed by atoms with Gasteiger partial charge in [-0.2, -0.15) is 0 Å². The molecule has 1 amide bonds. The summed E-state index contributed by atoms with van der Waals surface area (Å²) in [5.74, 6) is 0.779. The molecule has 0 unspecified atom stereocenters. The third-order valence-electron chi connectivity index (χ3n) is 5.81. The molecule has 1 aromatic rings. The van der Waals surface area contributed by atoms with E-state index in [1.165, 1.54) is 32.4 Å². The summed E-state index contributed by atoms with van der Waals surface area (Å²) in [6.07, 6.45) is 9.96. The number of unbranched alkanes of at least 4 members (excludes halogenated alkanes) is 2. The van der Waals surface area contributed by atoms with Crippen LogP contribution in [0.5, 0.6) is 5.75 Å². The Morgan fingerprint density at radius 2 is 1.73 bits per heavy atom. The van der Waals surface area contributed by atoms with Crippen LogP contribution in [-0.2, 0) is 9.53 Å². The smallest absolute Gasteiger partial charge is 0.256 e. The molecule has 0 aromatic heterocycles. The summed E-state index contributed by atoms with van der Waals surface area (Å²) < 4.78 is 11.8. The van der Waals surface area contributed by atoms with Crippen LogP contribution in [0.3, 0.4) is 0 Å². The Balaban J connectivity index is 1.78. The molecule has 1 N–H and O–H groups in total. The average molecular weight is 419 g/mol. The average Bonchev–Trinajstić information content (AvgIpc) is 2.77. The van der Waals surface area contributed by atoms with Crippen molar-refractivity contribution in [1.82, 2.24) is 4.90 Å². The first-order chi connectivity index (χ1) is 14.6. The molecule has 1 aromatic carbocycles. The lowest BCUT2D eigenvalue weighted by molar-refractivity contribution is -0.140. The standard InChI is InChI=1S/C25H42N2O3/c1-4-6-8-16-25(3,30-20-5-2)24(28)26-22-12-14-23(15-13-22)29-21-11-19-27-17-9-7-10-18-27/h12-15H,4-11,16-21H2,1-3H3,(H,26,28)/t25-/m1/s1. The van der Waals surface area contributed by atoms with E-state index in [1.54, 1.807) is 0 Å². The van der Waals surface area contributed by atoms with Crippen LogP contribution in [-0.4, -0.2) is 49.3 Å². The van der Waals surface area contributed by atoms with Crippen LogP contribution in [0.4, 0.5) is 5.69 Å². The monoisotopic (exact) mass is 418 g/mol. The Morgan fingerprint density at radius 3 is 2.40 bits per heavy atom. The summed E-state index contributed by atoms with van der Waals surface area (Å²) in [4.78, 5) is 15.4. The number of rotatable bonds is 14. The van der Waals surface area contributed by atoms with Gasteiger partial charge in [0, 0.05) is 18.8 Å².